The Labute approximate surface area is 311 Å². The Morgan fingerprint density at radius 2 is 1.25 bits per heavy atom. The fraction of sp³-hybridized carbons (Fsp3) is 0.410. The lowest BCUT2D eigenvalue weighted by Gasteiger charge is -2.24. The quantitative estimate of drug-likeness (QED) is 0.0864. The zero-order valence-electron chi connectivity index (χ0n) is 31.2. The summed E-state index contributed by atoms with van der Waals surface area (Å²) in [4.78, 5) is 65.4. The van der Waals surface area contributed by atoms with Crippen molar-refractivity contribution in [1.29, 1.82) is 0 Å². The number of carbonyl (C=O) groups excluding carboxylic acids is 5. The third-order valence-electron chi connectivity index (χ3n) is 8.16. The molecule has 1 aliphatic rings. The molecule has 4 amide bonds. The summed E-state index contributed by atoms with van der Waals surface area (Å²) in [6.07, 6.45) is -2.52. The van der Waals surface area contributed by atoms with E-state index in [2.05, 4.69) is 40.9 Å². The minimum atomic E-state index is -1.47. The van der Waals surface area contributed by atoms with Gasteiger partial charge < -0.3 is 40.2 Å². The molecule has 3 aromatic carbocycles. The van der Waals surface area contributed by atoms with E-state index in [-0.39, 0.29) is 32.3 Å². The number of nitrogens with one attached hydrogen (secondary N) is 4. The van der Waals surface area contributed by atoms with E-state index in [0.29, 0.717) is 5.56 Å². The summed E-state index contributed by atoms with van der Waals surface area (Å²) in [6.45, 7) is 10.8. The van der Waals surface area contributed by atoms with Gasteiger partial charge in [-0.3, -0.25) is 4.79 Å². The number of alkyl carbamates (subject to hydrolysis) is 3. The molecule has 4 N–H and O–H groups in total. The first-order chi connectivity index (χ1) is 25.1. The number of rotatable bonds is 15. The lowest BCUT2D eigenvalue weighted by atomic mass is 9.98. The number of carbonyl (C=O) groups is 5. The molecule has 14 heteroatoms. The van der Waals surface area contributed by atoms with Crippen molar-refractivity contribution in [1.82, 2.24) is 21.3 Å². The molecule has 0 unspecified atom stereocenters. The molecule has 0 fully saturated rings. The first-order valence-corrected chi connectivity index (χ1v) is 21.3. The van der Waals surface area contributed by atoms with E-state index >= 15 is 0 Å². The Morgan fingerprint density at radius 3 is 1.85 bits per heavy atom. The van der Waals surface area contributed by atoms with E-state index in [4.69, 9.17) is 18.9 Å². The van der Waals surface area contributed by atoms with Crippen molar-refractivity contribution in [3.63, 3.8) is 0 Å². The molecule has 0 aliphatic heterocycles. The Bertz CT molecular complexity index is 1690. The van der Waals surface area contributed by atoms with E-state index in [1.807, 2.05) is 54.6 Å². The zero-order valence-corrected chi connectivity index (χ0v) is 32.2. The van der Waals surface area contributed by atoms with Crippen molar-refractivity contribution < 1.29 is 42.9 Å². The van der Waals surface area contributed by atoms with Crippen LogP contribution in [0.5, 0.6) is 0 Å². The normalized spacial score (nSPS) is 13.3. The van der Waals surface area contributed by atoms with E-state index in [9.17, 15) is 24.0 Å². The van der Waals surface area contributed by atoms with Crippen LogP contribution in [0.3, 0.4) is 0 Å². The van der Waals surface area contributed by atoms with Crippen LogP contribution in [-0.4, -0.2) is 82.2 Å². The highest BCUT2D eigenvalue weighted by Crippen LogP contribution is 2.44. The fourth-order valence-corrected chi connectivity index (χ4v) is 6.19. The van der Waals surface area contributed by atoms with Gasteiger partial charge in [0.15, 0.2) is 0 Å². The number of esters is 1. The average Bonchev–Trinajstić information content (AvgIpc) is 3.42. The predicted octanol–water partition coefficient (Wildman–Crippen LogP) is 5.71. The molecule has 0 spiro atoms. The van der Waals surface area contributed by atoms with Crippen LogP contribution in [-0.2, 0) is 35.1 Å². The fourth-order valence-electron chi connectivity index (χ4n) is 5.47. The predicted molar refractivity (Wildman–Crippen MR) is 202 cm³/mol. The Hall–Kier alpha value is -5.37. The zero-order chi connectivity index (χ0) is 38.6. The summed E-state index contributed by atoms with van der Waals surface area (Å²) in [6, 6.07) is 22.6. The van der Waals surface area contributed by atoms with Crippen molar-refractivity contribution in [2.45, 2.75) is 76.7 Å². The summed E-state index contributed by atoms with van der Waals surface area (Å²) >= 11 is 0. The first-order valence-electron chi connectivity index (χ1n) is 17.6. The maximum absolute atomic E-state index is 13.8. The number of fused-ring (bicyclic) bond motifs is 3. The molecular weight excluding hydrogens is 697 g/mol. The Kier molecular flexibility index (Phi) is 14.0. The SMILES string of the molecule is CC(C)(C)OC(=O)NC[C@H](NC(=O)OCC1c2ccccc2-c2ccccc21)C(=O)N[C@H](CNC(=O)OCC[Si](C)(C)C)C(=O)OCc1ccccc1. The van der Waals surface area contributed by atoms with Gasteiger partial charge in [0, 0.05) is 14.0 Å². The highest BCUT2D eigenvalue weighted by molar-refractivity contribution is 6.76. The number of ether oxygens (including phenoxy) is 4. The molecule has 0 aromatic heterocycles. The second kappa shape index (κ2) is 18.4. The smallest absolute Gasteiger partial charge is 0.407 e. The first kappa shape index (κ1) is 40.4. The van der Waals surface area contributed by atoms with Crippen LogP contribution in [0.2, 0.25) is 25.7 Å². The molecule has 0 bridgehead atoms. The molecule has 0 saturated carbocycles. The summed E-state index contributed by atoms with van der Waals surface area (Å²) in [7, 11) is -1.47. The minimum absolute atomic E-state index is 0.0220. The van der Waals surface area contributed by atoms with Gasteiger partial charge in [-0.25, -0.2) is 19.2 Å². The molecule has 0 saturated heterocycles. The lowest BCUT2D eigenvalue weighted by Crippen LogP contribution is -2.58. The van der Waals surface area contributed by atoms with Crippen LogP contribution in [0, 0.1) is 0 Å². The molecule has 1 aliphatic carbocycles. The molecule has 284 valence electrons. The number of hydrogen-bond donors (Lipinski definition) is 4. The molecular formula is C39H50N4O9Si. The van der Waals surface area contributed by atoms with Gasteiger partial charge in [0.25, 0.3) is 0 Å². The number of hydrogen-bond acceptors (Lipinski definition) is 9. The van der Waals surface area contributed by atoms with Gasteiger partial charge in [-0.2, -0.15) is 0 Å². The maximum atomic E-state index is 13.8. The van der Waals surface area contributed by atoms with Crippen molar-refractivity contribution >= 4 is 38.2 Å². The molecule has 0 heterocycles. The summed E-state index contributed by atoms with van der Waals surface area (Å²) in [5.41, 5.74) is 3.99. The average molecular weight is 747 g/mol. The van der Waals surface area contributed by atoms with E-state index in [0.717, 1.165) is 28.3 Å². The van der Waals surface area contributed by atoms with Gasteiger partial charge in [-0.1, -0.05) is 98.5 Å². The second-order valence-electron chi connectivity index (χ2n) is 14.9. The lowest BCUT2D eigenvalue weighted by molar-refractivity contribution is -0.149. The maximum Gasteiger partial charge on any atom is 0.407 e. The molecule has 53 heavy (non-hydrogen) atoms. The van der Waals surface area contributed by atoms with Crippen LogP contribution in [0.25, 0.3) is 11.1 Å². The molecule has 4 rings (SSSR count). The highest BCUT2D eigenvalue weighted by atomic mass is 28.3. The van der Waals surface area contributed by atoms with Gasteiger partial charge in [0.05, 0.1) is 19.7 Å². The Balaban J connectivity index is 1.46. The topological polar surface area (TPSA) is 170 Å². The highest BCUT2D eigenvalue weighted by Gasteiger charge is 2.32. The van der Waals surface area contributed by atoms with Crippen molar-refractivity contribution in [3.05, 3.63) is 95.6 Å². The number of benzene rings is 3. The van der Waals surface area contributed by atoms with Gasteiger partial charge in [-0.15, -0.1) is 0 Å². The van der Waals surface area contributed by atoms with Crippen LogP contribution >= 0.6 is 0 Å². The third-order valence-corrected chi connectivity index (χ3v) is 9.87. The van der Waals surface area contributed by atoms with E-state index in [1.54, 1.807) is 45.0 Å². The number of amides is 4. The van der Waals surface area contributed by atoms with Crippen LogP contribution in [0.4, 0.5) is 14.4 Å². The standard InChI is InChI=1S/C39H50N4O9Si/c1-39(2,3)52-37(47)41-22-32(43-38(48)51-25-31-29-18-12-10-16-27(29)28-17-11-13-19-30(28)31)34(44)42-33(23-40-36(46)49-20-21-53(4,5)6)35(45)50-24-26-14-8-7-9-15-26/h7-19,31-33H,20-25H2,1-6H3,(H,40,46)(H,41,47)(H,42,44)(H,43,48)/t32-,33+/m0/s1. The van der Waals surface area contributed by atoms with Crippen molar-refractivity contribution in [2.75, 3.05) is 26.3 Å². The van der Waals surface area contributed by atoms with Crippen LogP contribution in [0.15, 0.2) is 78.9 Å². The summed E-state index contributed by atoms with van der Waals surface area (Å²) < 4.78 is 21.7. The monoisotopic (exact) mass is 746 g/mol. The van der Waals surface area contributed by atoms with Crippen LogP contribution < -0.4 is 21.3 Å². The van der Waals surface area contributed by atoms with E-state index < -0.39 is 62.5 Å². The van der Waals surface area contributed by atoms with Gasteiger partial charge in [0.2, 0.25) is 5.91 Å². The van der Waals surface area contributed by atoms with Crippen LogP contribution in [0.1, 0.15) is 43.4 Å². The largest absolute Gasteiger partial charge is 0.459 e. The van der Waals surface area contributed by atoms with Gasteiger partial charge in [-0.05, 0) is 54.6 Å². The molecule has 2 atom stereocenters. The molecule has 13 nitrogen and oxygen atoms in total. The second-order valence-corrected chi connectivity index (χ2v) is 20.5. The Morgan fingerprint density at radius 1 is 0.679 bits per heavy atom. The minimum Gasteiger partial charge on any atom is -0.459 e. The van der Waals surface area contributed by atoms with Crippen molar-refractivity contribution in [2.24, 2.45) is 0 Å². The van der Waals surface area contributed by atoms with Gasteiger partial charge in [0.1, 0.15) is 30.9 Å². The molecule has 3 aromatic rings. The van der Waals surface area contributed by atoms with Crippen molar-refractivity contribution in [3.8, 4) is 11.1 Å². The molecule has 0 radical (unpaired) electrons. The van der Waals surface area contributed by atoms with E-state index in [1.165, 1.54) is 0 Å². The summed E-state index contributed by atoms with van der Waals surface area (Å²) in [5, 5.41) is 10.1. The van der Waals surface area contributed by atoms with Gasteiger partial charge >= 0.3 is 24.2 Å². The summed E-state index contributed by atoms with van der Waals surface area (Å²) in [5.74, 6) is -1.93. The third kappa shape index (κ3) is 13.0.